The molecule has 0 saturated carbocycles. The minimum Gasteiger partial charge on any atom is -0.399 e. The molecule has 2 N–H and O–H groups in total. The average Bonchev–Trinajstić information content (AvgIpc) is 2.82. The summed E-state index contributed by atoms with van der Waals surface area (Å²) in [5, 5.41) is 0. The number of halogens is 2. The van der Waals surface area contributed by atoms with Crippen molar-refractivity contribution in [3.63, 3.8) is 0 Å². The maximum atomic E-state index is 13.6. The van der Waals surface area contributed by atoms with Crippen LogP contribution >= 0.6 is 34.7 Å². The van der Waals surface area contributed by atoms with Crippen molar-refractivity contribution in [3.8, 4) is 0 Å². The van der Waals surface area contributed by atoms with Gasteiger partial charge in [0.1, 0.15) is 5.82 Å². The number of carbonyl (C=O) groups is 1. The van der Waals surface area contributed by atoms with Crippen LogP contribution in [0.4, 0.5) is 10.1 Å². The summed E-state index contributed by atoms with van der Waals surface area (Å²) in [6.45, 7) is 0.501. The number of rotatable bonds is 5. The number of anilines is 1. The summed E-state index contributed by atoms with van der Waals surface area (Å²) in [6, 6.07) is 8.15. The highest BCUT2D eigenvalue weighted by molar-refractivity contribution is 8.00. The lowest BCUT2D eigenvalue weighted by Gasteiger charge is -2.16. The lowest BCUT2D eigenvalue weighted by Crippen LogP contribution is -2.27. The number of benzene rings is 1. The largest absolute Gasteiger partial charge is 0.399 e. The molecule has 0 fully saturated rings. The lowest BCUT2D eigenvalue weighted by molar-refractivity contribution is -0.127. The zero-order chi connectivity index (χ0) is 15.4. The zero-order valence-electron chi connectivity index (χ0n) is 11.3. The molecule has 0 spiro atoms. The van der Waals surface area contributed by atoms with E-state index in [1.807, 2.05) is 6.07 Å². The van der Waals surface area contributed by atoms with Gasteiger partial charge in [0.05, 0.1) is 16.6 Å². The van der Waals surface area contributed by atoms with Gasteiger partial charge in [-0.25, -0.2) is 4.39 Å². The Morgan fingerprint density at radius 3 is 2.81 bits per heavy atom. The smallest absolute Gasteiger partial charge is 0.233 e. The number of thioether (sulfide) groups is 1. The standard InChI is InChI=1S/C14H14ClFN2OS2/c1-18(7-10-3-5-13(15)21-10)14(19)8-20-12-4-2-9(17)6-11(12)16/h2-6H,7-8,17H2,1H3. The molecule has 0 radical (unpaired) electrons. The van der Waals surface area contributed by atoms with Crippen molar-refractivity contribution in [1.82, 2.24) is 4.90 Å². The van der Waals surface area contributed by atoms with Crippen molar-refractivity contribution >= 4 is 46.3 Å². The van der Waals surface area contributed by atoms with E-state index in [0.29, 0.717) is 21.5 Å². The van der Waals surface area contributed by atoms with Crippen molar-refractivity contribution < 1.29 is 9.18 Å². The molecule has 1 aromatic carbocycles. The van der Waals surface area contributed by atoms with Gasteiger partial charge in [-0.15, -0.1) is 23.1 Å². The van der Waals surface area contributed by atoms with Crippen LogP contribution in [0.25, 0.3) is 0 Å². The molecule has 21 heavy (non-hydrogen) atoms. The van der Waals surface area contributed by atoms with Crippen molar-refractivity contribution in [3.05, 3.63) is 45.4 Å². The molecule has 0 aliphatic heterocycles. The topological polar surface area (TPSA) is 46.3 Å². The highest BCUT2D eigenvalue weighted by Crippen LogP contribution is 2.25. The van der Waals surface area contributed by atoms with E-state index in [-0.39, 0.29) is 11.7 Å². The molecule has 0 atom stereocenters. The maximum Gasteiger partial charge on any atom is 0.233 e. The summed E-state index contributed by atoms with van der Waals surface area (Å²) in [4.78, 5) is 15.1. The Bertz CT molecular complexity index is 648. The molecule has 0 saturated heterocycles. The molecule has 1 heterocycles. The van der Waals surface area contributed by atoms with Gasteiger partial charge in [0.15, 0.2) is 0 Å². The minimum absolute atomic E-state index is 0.0688. The second kappa shape index (κ2) is 7.15. The van der Waals surface area contributed by atoms with E-state index in [1.54, 1.807) is 30.1 Å². The molecule has 3 nitrogen and oxygen atoms in total. The van der Waals surface area contributed by atoms with E-state index in [4.69, 9.17) is 17.3 Å². The number of hydrogen-bond acceptors (Lipinski definition) is 4. The van der Waals surface area contributed by atoms with Crippen LogP contribution in [-0.2, 0) is 11.3 Å². The molecular weight excluding hydrogens is 331 g/mol. The molecular formula is C14H14ClFN2OS2. The molecule has 0 aliphatic carbocycles. The SMILES string of the molecule is CN(Cc1ccc(Cl)s1)C(=O)CSc1ccc(N)cc1F. The maximum absolute atomic E-state index is 13.6. The van der Waals surface area contributed by atoms with Crippen LogP contribution < -0.4 is 5.73 Å². The van der Waals surface area contributed by atoms with Crippen molar-refractivity contribution in [1.29, 1.82) is 0 Å². The molecule has 0 unspecified atom stereocenters. The molecule has 2 aromatic rings. The Hall–Kier alpha value is -1.24. The first-order valence-electron chi connectivity index (χ1n) is 6.11. The predicted octanol–water partition coefficient (Wildman–Crippen LogP) is 3.87. The summed E-state index contributed by atoms with van der Waals surface area (Å²) in [7, 11) is 1.72. The van der Waals surface area contributed by atoms with E-state index in [9.17, 15) is 9.18 Å². The summed E-state index contributed by atoms with van der Waals surface area (Å²) < 4.78 is 14.3. The second-order valence-electron chi connectivity index (χ2n) is 4.43. The summed E-state index contributed by atoms with van der Waals surface area (Å²) in [5.41, 5.74) is 5.86. The first-order chi connectivity index (χ1) is 9.95. The van der Waals surface area contributed by atoms with E-state index in [0.717, 1.165) is 16.6 Å². The van der Waals surface area contributed by atoms with Crippen molar-refractivity contribution in [2.24, 2.45) is 0 Å². The van der Waals surface area contributed by atoms with Crippen LogP contribution in [0.15, 0.2) is 35.2 Å². The Morgan fingerprint density at radius 1 is 1.43 bits per heavy atom. The van der Waals surface area contributed by atoms with Crippen molar-refractivity contribution in [2.45, 2.75) is 11.4 Å². The molecule has 0 aliphatic rings. The van der Waals surface area contributed by atoms with Gasteiger partial charge in [-0.1, -0.05) is 11.6 Å². The van der Waals surface area contributed by atoms with Gasteiger partial charge in [-0.3, -0.25) is 4.79 Å². The molecule has 7 heteroatoms. The number of thiophene rings is 1. The minimum atomic E-state index is -0.402. The number of nitrogen functional groups attached to an aromatic ring is 1. The fourth-order valence-electron chi connectivity index (χ4n) is 1.64. The van der Waals surface area contributed by atoms with E-state index in [1.165, 1.54) is 17.4 Å². The van der Waals surface area contributed by atoms with Gasteiger partial charge in [-0.2, -0.15) is 0 Å². The molecule has 1 aromatic heterocycles. The lowest BCUT2D eigenvalue weighted by atomic mass is 10.3. The Morgan fingerprint density at radius 2 is 2.19 bits per heavy atom. The van der Waals surface area contributed by atoms with Crippen LogP contribution in [0.2, 0.25) is 4.34 Å². The van der Waals surface area contributed by atoms with Gasteiger partial charge in [0.2, 0.25) is 5.91 Å². The first kappa shape index (κ1) is 16.1. The van der Waals surface area contributed by atoms with Gasteiger partial charge in [0.25, 0.3) is 0 Å². The quantitative estimate of drug-likeness (QED) is 0.661. The van der Waals surface area contributed by atoms with Crippen molar-refractivity contribution in [2.75, 3.05) is 18.5 Å². The van der Waals surface area contributed by atoms with E-state index in [2.05, 4.69) is 0 Å². The number of hydrogen-bond donors (Lipinski definition) is 1. The van der Waals surface area contributed by atoms with Gasteiger partial charge < -0.3 is 10.6 Å². The third kappa shape index (κ3) is 4.62. The first-order valence-corrected chi connectivity index (χ1v) is 8.29. The fraction of sp³-hybridized carbons (Fsp3) is 0.214. The van der Waals surface area contributed by atoms with E-state index >= 15 is 0 Å². The number of nitrogens with zero attached hydrogens (tertiary/aromatic N) is 1. The Kier molecular flexibility index (Phi) is 5.50. The highest BCUT2D eigenvalue weighted by Gasteiger charge is 2.12. The molecule has 2 rings (SSSR count). The van der Waals surface area contributed by atoms with Crippen LogP contribution in [0.5, 0.6) is 0 Å². The fourth-order valence-corrected chi connectivity index (χ4v) is 3.64. The molecule has 0 bridgehead atoms. The number of carbonyl (C=O) groups excluding carboxylic acids is 1. The van der Waals surface area contributed by atoms with Gasteiger partial charge in [-0.05, 0) is 30.3 Å². The Balaban J connectivity index is 1.89. The monoisotopic (exact) mass is 344 g/mol. The van der Waals surface area contributed by atoms with E-state index < -0.39 is 5.82 Å². The average molecular weight is 345 g/mol. The van der Waals surface area contributed by atoms with Crippen LogP contribution in [0.3, 0.4) is 0 Å². The van der Waals surface area contributed by atoms with Gasteiger partial charge in [0, 0.05) is 22.5 Å². The zero-order valence-corrected chi connectivity index (χ0v) is 13.7. The number of amides is 1. The van der Waals surface area contributed by atoms with Crippen LogP contribution in [0.1, 0.15) is 4.88 Å². The summed E-state index contributed by atoms with van der Waals surface area (Å²) in [5.74, 6) is -0.294. The normalized spacial score (nSPS) is 10.6. The Labute approximate surface area is 135 Å². The third-order valence-corrected chi connectivity index (χ3v) is 5.00. The summed E-state index contributed by atoms with van der Waals surface area (Å²) >= 11 is 8.46. The van der Waals surface area contributed by atoms with Gasteiger partial charge >= 0.3 is 0 Å². The number of nitrogens with two attached hydrogens (primary N) is 1. The third-order valence-electron chi connectivity index (χ3n) is 2.75. The van der Waals surface area contributed by atoms with Crippen LogP contribution in [-0.4, -0.2) is 23.6 Å². The van der Waals surface area contributed by atoms with Crippen LogP contribution in [0, 0.1) is 5.82 Å². The predicted molar refractivity (Wildman–Crippen MR) is 87.3 cm³/mol. The molecule has 112 valence electrons. The molecule has 1 amide bonds. The highest BCUT2D eigenvalue weighted by atomic mass is 35.5. The second-order valence-corrected chi connectivity index (χ2v) is 7.25. The summed E-state index contributed by atoms with van der Waals surface area (Å²) in [6.07, 6.45) is 0.